The van der Waals surface area contributed by atoms with Gasteiger partial charge < -0.3 is 19.2 Å². The summed E-state index contributed by atoms with van der Waals surface area (Å²) in [6.07, 6.45) is 9.31. The molecule has 1 aromatic heterocycles. The predicted octanol–water partition coefficient (Wildman–Crippen LogP) is 2.39. The van der Waals surface area contributed by atoms with E-state index in [2.05, 4.69) is 28.1 Å². The zero-order valence-corrected chi connectivity index (χ0v) is 20.1. The van der Waals surface area contributed by atoms with Gasteiger partial charge >= 0.3 is 6.02 Å². The summed E-state index contributed by atoms with van der Waals surface area (Å²) in [5, 5.41) is -0.0600. The van der Waals surface area contributed by atoms with E-state index in [9.17, 15) is 8.42 Å². The van der Waals surface area contributed by atoms with E-state index >= 15 is 0 Å². The predicted molar refractivity (Wildman–Crippen MR) is 124 cm³/mol. The van der Waals surface area contributed by atoms with Gasteiger partial charge in [0.05, 0.1) is 30.3 Å². The molecule has 0 atom stereocenters. The molecule has 182 valence electrons. The number of ether oxygens (including phenoxy) is 2. The zero-order chi connectivity index (χ0) is 24.0. The second-order valence-corrected chi connectivity index (χ2v) is 10.5. The number of allylic oxidation sites excluding steroid dienone is 1. The molecule has 3 rings (SSSR count). The van der Waals surface area contributed by atoms with Gasteiger partial charge in [0.1, 0.15) is 6.10 Å². The molecule has 0 aromatic carbocycles. The van der Waals surface area contributed by atoms with Gasteiger partial charge in [-0.3, -0.25) is 0 Å². The summed E-state index contributed by atoms with van der Waals surface area (Å²) in [6, 6.07) is 0.353. The largest absolute Gasteiger partial charge is 0.473 e. The van der Waals surface area contributed by atoms with E-state index in [-0.39, 0.29) is 23.3 Å². The van der Waals surface area contributed by atoms with Crippen molar-refractivity contribution in [3.05, 3.63) is 36.8 Å². The van der Waals surface area contributed by atoms with E-state index < -0.39 is 9.84 Å². The van der Waals surface area contributed by atoms with Gasteiger partial charge in [-0.1, -0.05) is 13.2 Å². The van der Waals surface area contributed by atoms with Gasteiger partial charge in [-0.25, -0.2) is 18.4 Å². The first-order valence-corrected chi connectivity index (χ1v) is 12.9. The Morgan fingerprint density at radius 2 is 1.67 bits per heavy atom. The Hall–Kier alpha value is -2.50. The van der Waals surface area contributed by atoms with E-state index in [0.717, 1.165) is 63.4 Å². The van der Waals surface area contributed by atoms with Gasteiger partial charge in [0.15, 0.2) is 14.9 Å². The smallest absolute Gasteiger partial charge is 0.312 e. The third-order valence-corrected chi connectivity index (χ3v) is 6.79. The van der Waals surface area contributed by atoms with Crippen molar-refractivity contribution in [1.29, 1.82) is 0 Å². The van der Waals surface area contributed by atoms with Crippen molar-refractivity contribution >= 4 is 15.9 Å². The molecule has 1 saturated heterocycles. The fraction of sp³-hybridized carbons (Fsp3) is 0.591. The third kappa shape index (κ3) is 7.24. The Kier molecular flexibility index (Phi) is 8.44. The van der Waals surface area contributed by atoms with Gasteiger partial charge in [-0.05, 0) is 51.0 Å². The molecule has 0 amide bonds. The summed E-state index contributed by atoms with van der Waals surface area (Å²) in [6.45, 7) is 11.0. The highest BCUT2D eigenvalue weighted by Gasteiger charge is 2.29. The van der Waals surface area contributed by atoms with Gasteiger partial charge in [-0.15, -0.1) is 0 Å². The number of amidine groups is 1. The Morgan fingerprint density at radius 3 is 2.18 bits per heavy atom. The molecule has 1 aromatic rings. The number of piperidine rings is 1. The second kappa shape index (κ2) is 11.1. The average molecular weight is 480 g/mol. The fourth-order valence-corrected chi connectivity index (χ4v) is 4.34. The molecular weight excluding hydrogens is 446 g/mol. The lowest BCUT2D eigenvalue weighted by Gasteiger charge is -2.36. The van der Waals surface area contributed by atoms with Gasteiger partial charge in [0, 0.05) is 19.3 Å². The van der Waals surface area contributed by atoms with Crippen molar-refractivity contribution in [3.8, 4) is 5.88 Å². The monoisotopic (exact) mass is 479 g/mol. The second-order valence-electron chi connectivity index (χ2n) is 8.54. The standard InChI is InChI=1S/C22H33N5O5S/c1-15(2)16(3)26-22(32-23)27-11-9-19(10-12-27)30-17-5-7-18(8-6-17)31-20-13-25-21(14-24-20)33(4,28)29/h13-14,17-19H,1,3,5-12,23H2,2,4H3. The quantitative estimate of drug-likeness (QED) is 0.271. The lowest BCUT2D eigenvalue weighted by Crippen LogP contribution is -2.44. The molecule has 10 nitrogen and oxygen atoms in total. The zero-order valence-electron chi connectivity index (χ0n) is 19.3. The molecular formula is C22H33N5O5S. The Bertz CT molecular complexity index is 963. The molecule has 0 bridgehead atoms. The van der Waals surface area contributed by atoms with Crippen LogP contribution in [0.4, 0.5) is 0 Å². The molecule has 11 heteroatoms. The number of nitrogens with zero attached hydrogens (tertiary/aromatic N) is 4. The Morgan fingerprint density at radius 1 is 1.06 bits per heavy atom. The minimum Gasteiger partial charge on any atom is -0.473 e. The summed E-state index contributed by atoms with van der Waals surface area (Å²) in [5.74, 6) is 5.75. The molecule has 0 radical (unpaired) electrons. The van der Waals surface area contributed by atoms with E-state index in [1.54, 1.807) is 0 Å². The number of aliphatic imine (C=N–C) groups is 1. The van der Waals surface area contributed by atoms with Crippen LogP contribution in [0.3, 0.4) is 0 Å². The minimum absolute atomic E-state index is 0.0203. The first-order valence-electron chi connectivity index (χ1n) is 11.0. The summed E-state index contributed by atoms with van der Waals surface area (Å²) in [5.41, 5.74) is 1.31. The van der Waals surface area contributed by atoms with E-state index in [0.29, 0.717) is 17.6 Å². The average Bonchev–Trinajstić information content (AvgIpc) is 2.79. The van der Waals surface area contributed by atoms with Crippen LogP contribution in [0.15, 0.2) is 46.8 Å². The van der Waals surface area contributed by atoms with Crippen LogP contribution in [0.5, 0.6) is 5.88 Å². The minimum atomic E-state index is -3.37. The summed E-state index contributed by atoms with van der Waals surface area (Å²) in [4.78, 5) is 19.3. The highest BCUT2D eigenvalue weighted by atomic mass is 32.2. The van der Waals surface area contributed by atoms with Crippen LogP contribution in [-0.2, 0) is 19.4 Å². The lowest BCUT2D eigenvalue weighted by molar-refractivity contribution is -0.0630. The molecule has 2 N–H and O–H groups in total. The molecule has 1 aliphatic carbocycles. The maximum atomic E-state index is 11.5. The van der Waals surface area contributed by atoms with Crippen LogP contribution in [0.25, 0.3) is 0 Å². The molecule has 2 aliphatic rings. The molecule has 2 heterocycles. The molecule has 33 heavy (non-hydrogen) atoms. The Labute approximate surface area is 195 Å². The summed E-state index contributed by atoms with van der Waals surface area (Å²) in [7, 11) is -3.37. The van der Waals surface area contributed by atoms with E-state index in [4.69, 9.17) is 20.2 Å². The number of aromatic nitrogens is 2. The highest BCUT2D eigenvalue weighted by Crippen LogP contribution is 2.27. The first kappa shape index (κ1) is 25.1. The number of likely N-dealkylation sites (tertiary alicyclic amines) is 1. The number of hydrogen-bond acceptors (Lipinski definition) is 9. The van der Waals surface area contributed by atoms with Crippen LogP contribution in [0, 0.1) is 0 Å². The van der Waals surface area contributed by atoms with Gasteiger partial charge in [0.2, 0.25) is 5.88 Å². The third-order valence-electron chi connectivity index (χ3n) is 5.82. The number of nitrogens with two attached hydrogens (primary N) is 1. The molecule has 0 spiro atoms. The van der Waals surface area contributed by atoms with Crippen molar-refractivity contribution in [2.24, 2.45) is 10.9 Å². The molecule has 0 unspecified atom stereocenters. The summed E-state index contributed by atoms with van der Waals surface area (Å²) < 4.78 is 35.2. The highest BCUT2D eigenvalue weighted by molar-refractivity contribution is 7.90. The number of hydrogen-bond donors (Lipinski definition) is 1. The molecule has 2 fully saturated rings. The van der Waals surface area contributed by atoms with Crippen LogP contribution in [0.1, 0.15) is 45.4 Å². The van der Waals surface area contributed by atoms with Crippen molar-refractivity contribution < 1.29 is 22.7 Å². The summed E-state index contributed by atoms with van der Waals surface area (Å²) >= 11 is 0. The number of sulfone groups is 1. The van der Waals surface area contributed by atoms with Crippen LogP contribution in [0.2, 0.25) is 0 Å². The van der Waals surface area contributed by atoms with Gasteiger partial charge in [0.25, 0.3) is 0 Å². The first-order chi connectivity index (χ1) is 15.7. The van der Waals surface area contributed by atoms with Crippen molar-refractivity contribution in [1.82, 2.24) is 14.9 Å². The molecule has 1 saturated carbocycles. The fourth-order valence-electron chi connectivity index (χ4n) is 3.85. The molecule has 1 aliphatic heterocycles. The van der Waals surface area contributed by atoms with Crippen LogP contribution in [-0.4, -0.2) is 67.0 Å². The Balaban J connectivity index is 1.41. The van der Waals surface area contributed by atoms with E-state index in [1.807, 2.05) is 11.8 Å². The van der Waals surface area contributed by atoms with Crippen molar-refractivity contribution in [2.45, 2.75) is 68.8 Å². The maximum absolute atomic E-state index is 11.5. The van der Waals surface area contributed by atoms with Crippen LogP contribution < -0.4 is 10.6 Å². The van der Waals surface area contributed by atoms with Crippen LogP contribution >= 0.6 is 0 Å². The van der Waals surface area contributed by atoms with Gasteiger partial charge in [-0.2, -0.15) is 10.9 Å². The lowest BCUT2D eigenvalue weighted by atomic mass is 9.94. The normalized spacial score (nSPS) is 22.6. The van der Waals surface area contributed by atoms with Crippen molar-refractivity contribution in [2.75, 3.05) is 19.3 Å². The maximum Gasteiger partial charge on any atom is 0.312 e. The topological polar surface area (TPSA) is 129 Å². The number of rotatable bonds is 7. The van der Waals surface area contributed by atoms with Crippen molar-refractivity contribution in [3.63, 3.8) is 0 Å². The van der Waals surface area contributed by atoms with E-state index in [1.165, 1.54) is 12.4 Å². The SMILES string of the molecule is C=C(C)C(=C)N=C(ON)N1CCC(OC2CCC(Oc3cnc(S(C)(=O)=O)cn3)CC2)CC1.